The van der Waals surface area contributed by atoms with Gasteiger partial charge in [0.25, 0.3) is 0 Å². The molecule has 0 bridgehead atoms. The Morgan fingerprint density at radius 1 is 0.780 bits per heavy atom. The molecule has 5 nitrogen and oxygen atoms in total. The van der Waals surface area contributed by atoms with Gasteiger partial charge in [-0.3, -0.25) is 0 Å². The summed E-state index contributed by atoms with van der Waals surface area (Å²) in [7, 11) is 0. The van der Waals surface area contributed by atoms with Gasteiger partial charge in [0.05, 0.1) is 30.4 Å². The van der Waals surface area contributed by atoms with Crippen LogP contribution >= 0.6 is 0 Å². The first-order valence-corrected chi connectivity index (χ1v) is 15.8. The van der Waals surface area contributed by atoms with Gasteiger partial charge in [-0.2, -0.15) is 26.3 Å². The third kappa shape index (κ3) is 7.41. The minimum atomic E-state index is -4.70. The number of nitrogens with zero attached hydrogens (tertiary/aromatic N) is 1. The zero-order valence-corrected chi connectivity index (χ0v) is 27.5. The number of carbonyl (C=O) groups is 2. The molecule has 2 aliphatic rings. The predicted octanol–water partition coefficient (Wildman–Crippen LogP) is 9.91. The Hall–Kier alpha value is -5.06. The van der Waals surface area contributed by atoms with E-state index in [2.05, 4.69) is 13.2 Å². The molecule has 0 saturated heterocycles. The van der Waals surface area contributed by atoms with Crippen LogP contribution in [0.3, 0.4) is 0 Å². The lowest BCUT2D eigenvalue weighted by Crippen LogP contribution is -2.37. The lowest BCUT2D eigenvalue weighted by molar-refractivity contribution is -0.140. The van der Waals surface area contributed by atoms with Crippen molar-refractivity contribution >= 4 is 28.9 Å². The highest BCUT2D eigenvalue weighted by molar-refractivity contribution is 5.89. The van der Waals surface area contributed by atoms with Crippen LogP contribution in [-0.2, 0) is 36.8 Å². The molecule has 0 saturated carbocycles. The fraction of sp³-hybridized carbons (Fsp3) is 0.282. The maximum Gasteiger partial charge on any atom is 0.416 e. The van der Waals surface area contributed by atoms with Gasteiger partial charge in [0.2, 0.25) is 0 Å². The molecule has 3 aromatic rings. The van der Waals surface area contributed by atoms with Crippen molar-refractivity contribution in [3.05, 3.63) is 137 Å². The molecular weight excluding hydrogens is 660 g/mol. The minimum Gasteiger partial charge on any atom is -0.462 e. The Morgan fingerprint density at radius 2 is 1.28 bits per heavy atom. The smallest absolute Gasteiger partial charge is 0.416 e. The molecule has 0 N–H and O–H groups in total. The van der Waals surface area contributed by atoms with E-state index in [1.54, 1.807) is 6.08 Å². The van der Waals surface area contributed by atoms with Crippen LogP contribution in [0.5, 0.6) is 0 Å². The van der Waals surface area contributed by atoms with Crippen molar-refractivity contribution in [2.24, 2.45) is 0 Å². The molecule has 0 heterocycles. The summed E-state index contributed by atoms with van der Waals surface area (Å²) in [6.45, 7) is 10.2. The van der Waals surface area contributed by atoms with Gasteiger partial charge in [0.15, 0.2) is 0 Å². The molecule has 0 amide bonds. The Labute approximate surface area is 286 Å². The fourth-order valence-electron chi connectivity index (χ4n) is 6.65. The van der Waals surface area contributed by atoms with Crippen LogP contribution in [0, 0.1) is 0 Å². The molecule has 3 aromatic carbocycles. The summed E-state index contributed by atoms with van der Waals surface area (Å²) in [5.74, 6) is -1.17. The maximum atomic E-state index is 13.9. The van der Waals surface area contributed by atoms with E-state index in [9.17, 15) is 35.9 Å². The standard InChI is InChI=1S/C39H35F6NO4/c1-24(2)35(47)49-19-17-37(18-20-50-36(48)25(3)4)33-14-6-5-13-31(33)32-16-15-30(23-34(32)37)46(28-11-7-9-26(21-28)38(40,41)42)29-12-8-10-27(22-29)39(43,44)45/h5-16,21-22,30H,1,3,17-20,23H2,2,4H3. The third-order valence-electron chi connectivity index (χ3n) is 8.99. The van der Waals surface area contributed by atoms with Gasteiger partial charge in [-0.05, 0) is 91.8 Å². The number of benzene rings is 3. The van der Waals surface area contributed by atoms with Crippen molar-refractivity contribution in [1.82, 2.24) is 0 Å². The van der Waals surface area contributed by atoms with Gasteiger partial charge >= 0.3 is 24.3 Å². The molecule has 0 aromatic heterocycles. The van der Waals surface area contributed by atoms with Gasteiger partial charge in [-0.15, -0.1) is 0 Å². The zero-order valence-electron chi connectivity index (χ0n) is 27.5. The summed E-state index contributed by atoms with van der Waals surface area (Å²) in [5, 5.41) is 0. The highest BCUT2D eigenvalue weighted by atomic mass is 19.4. The van der Waals surface area contributed by atoms with Crippen molar-refractivity contribution in [3.63, 3.8) is 0 Å². The van der Waals surface area contributed by atoms with E-state index in [-0.39, 0.29) is 55.0 Å². The van der Waals surface area contributed by atoms with Gasteiger partial charge in [0, 0.05) is 27.9 Å². The second-order valence-corrected chi connectivity index (χ2v) is 12.4. The predicted molar refractivity (Wildman–Crippen MR) is 178 cm³/mol. The van der Waals surface area contributed by atoms with Gasteiger partial charge in [-0.25, -0.2) is 9.59 Å². The van der Waals surface area contributed by atoms with Crippen LogP contribution in [0.15, 0.2) is 115 Å². The number of hydrogen-bond acceptors (Lipinski definition) is 5. The average molecular weight is 696 g/mol. The molecule has 1 atom stereocenters. The van der Waals surface area contributed by atoms with Crippen molar-refractivity contribution < 1.29 is 45.4 Å². The zero-order chi connectivity index (χ0) is 36.4. The summed E-state index contributed by atoms with van der Waals surface area (Å²) in [6.07, 6.45) is -5.11. The molecule has 5 rings (SSSR count). The van der Waals surface area contributed by atoms with Crippen molar-refractivity contribution in [1.29, 1.82) is 0 Å². The first-order chi connectivity index (χ1) is 23.5. The van der Waals surface area contributed by atoms with E-state index < -0.39 is 46.9 Å². The SMILES string of the molecule is C=C(C)C(=O)OCCC1(CCOC(=O)C(=C)C)C2=C(C=CC(N(c3cccc(C(F)(F)F)c3)c3cccc(C(F)(F)F)c3)C2)c2ccccc21. The molecule has 262 valence electrons. The number of halogens is 6. The number of fused-ring (bicyclic) bond motifs is 2. The Kier molecular flexibility index (Phi) is 10.2. The maximum absolute atomic E-state index is 13.9. The molecule has 0 aliphatic heterocycles. The van der Waals surface area contributed by atoms with Crippen molar-refractivity contribution in [2.45, 2.75) is 56.9 Å². The lowest BCUT2D eigenvalue weighted by Gasteiger charge is -2.40. The lowest BCUT2D eigenvalue weighted by atomic mass is 9.69. The number of ether oxygens (including phenoxy) is 2. The number of rotatable bonds is 11. The van der Waals surface area contributed by atoms with Crippen molar-refractivity contribution in [3.8, 4) is 0 Å². The monoisotopic (exact) mass is 695 g/mol. The van der Waals surface area contributed by atoms with E-state index in [0.717, 1.165) is 46.5 Å². The van der Waals surface area contributed by atoms with Gasteiger partial charge in [0.1, 0.15) is 0 Å². The second kappa shape index (κ2) is 14.0. The van der Waals surface area contributed by atoms with Crippen LogP contribution in [0.4, 0.5) is 37.7 Å². The van der Waals surface area contributed by atoms with Gasteiger partial charge < -0.3 is 14.4 Å². The average Bonchev–Trinajstić information content (AvgIpc) is 3.33. The number of anilines is 2. The van der Waals surface area contributed by atoms with Crippen LogP contribution < -0.4 is 4.90 Å². The summed E-state index contributed by atoms with van der Waals surface area (Å²) in [5.41, 5.74) is 1.13. The third-order valence-corrected chi connectivity index (χ3v) is 8.99. The van der Waals surface area contributed by atoms with E-state index >= 15 is 0 Å². The first-order valence-electron chi connectivity index (χ1n) is 15.8. The Morgan fingerprint density at radius 3 is 1.76 bits per heavy atom. The molecule has 0 radical (unpaired) electrons. The summed E-state index contributed by atoms with van der Waals surface area (Å²) in [6, 6.07) is 15.8. The number of alkyl halides is 6. The largest absolute Gasteiger partial charge is 0.462 e. The summed E-state index contributed by atoms with van der Waals surface area (Å²) < 4.78 is 94.5. The van der Waals surface area contributed by atoms with Crippen molar-refractivity contribution in [2.75, 3.05) is 18.1 Å². The highest BCUT2D eigenvalue weighted by Gasteiger charge is 2.46. The minimum absolute atomic E-state index is 0.0371. The number of allylic oxidation sites excluding steroid dienone is 2. The van der Waals surface area contributed by atoms with E-state index in [1.165, 1.54) is 43.0 Å². The highest BCUT2D eigenvalue weighted by Crippen LogP contribution is 2.55. The molecule has 11 heteroatoms. The van der Waals surface area contributed by atoms with Crippen LogP contribution in [0.25, 0.3) is 5.57 Å². The van der Waals surface area contributed by atoms with Crippen LogP contribution in [0.1, 0.15) is 55.4 Å². The molecule has 0 fully saturated rings. The number of esters is 2. The molecule has 0 spiro atoms. The fourth-order valence-corrected chi connectivity index (χ4v) is 6.65. The Balaban J connectivity index is 1.62. The topological polar surface area (TPSA) is 55.8 Å². The summed E-state index contributed by atoms with van der Waals surface area (Å²) in [4.78, 5) is 26.2. The number of carbonyl (C=O) groups excluding carboxylic acids is 2. The molecular formula is C39H35F6NO4. The quantitative estimate of drug-likeness (QED) is 0.114. The Bertz CT molecular complexity index is 1800. The molecule has 2 aliphatic carbocycles. The molecule has 50 heavy (non-hydrogen) atoms. The van der Waals surface area contributed by atoms with Crippen LogP contribution in [0.2, 0.25) is 0 Å². The second-order valence-electron chi connectivity index (χ2n) is 12.4. The number of hydrogen-bond donors (Lipinski definition) is 0. The first kappa shape index (κ1) is 36.2. The van der Waals surface area contributed by atoms with E-state index in [4.69, 9.17) is 9.47 Å². The van der Waals surface area contributed by atoms with Crippen LogP contribution in [-0.4, -0.2) is 31.2 Å². The van der Waals surface area contributed by atoms with E-state index in [0.29, 0.717) is 0 Å². The van der Waals surface area contributed by atoms with E-state index in [1.807, 2.05) is 30.3 Å². The summed E-state index contributed by atoms with van der Waals surface area (Å²) >= 11 is 0. The van der Waals surface area contributed by atoms with Gasteiger partial charge in [-0.1, -0.05) is 61.7 Å². The normalized spacial score (nSPS) is 16.4. The molecule has 1 unspecified atom stereocenters.